The lowest BCUT2D eigenvalue weighted by molar-refractivity contribution is -0.174. The number of aryl methyl sites for hydroxylation is 2. The molecule has 168 valence electrons. The highest BCUT2D eigenvalue weighted by molar-refractivity contribution is 5.95. The molecule has 0 aromatic carbocycles. The molecular weight excluding hydrogens is 409 g/mol. The Morgan fingerprint density at radius 3 is 2.68 bits per heavy atom. The third-order valence-corrected chi connectivity index (χ3v) is 6.23. The third kappa shape index (κ3) is 3.99. The van der Waals surface area contributed by atoms with Gasteiger partial charge in [0.2, 0.25) is 0 Å². The number of halogens is 3. The van der Waals surface area contributed by atoms with E-state index in [2.05, 4.69) is 20.4 Å². The van der Waals surface area contributed by atoms with Gasteiger partial charge < -0.3 is 10.2 Å². The van der Waals surface area contributed by atoms with Gasteiger partial charge in [-0.1, -0.05) is 13.8 Å². The SMILES string of the molecule is Cc1ncc(C(=O)N2CCCC2c2cc3n(n2)[C@@H](C(F)(F)F)C[C@@H](C(C)C)N3)c(C)n1. The van der Waals surface area contributed by atoms with Crippen molar-refractivity contribution >= 4 is 11.7 Å². The van der Waals surface area contributed by atoms with Crippen LogP contribution < -0.4 is 5.32 Å². The molecule has 0 saturated carbocycles. The molecule has 1 unspecified atom stereocenters. The minimum atomic E-state index is -4.39. The maximum Gasteiger partial charge on any atom is 0.410 e. The zero-order chi connectivity index (χ0) is 22.5. The molecule has 2 aromatic rings. The van der Waals surface area contributed by atoms with Crippen LogP contribution in [-0.4, -0.2) is 49.3 Å². The second-order valence-corrected chi connectivity index (χ2v) is 8.76. The van der Waals surface area contributed by atoms with Crippen LogP contribution in [0.1, 0.15) is 72.8 Å². The van der Waals surface area contributed by atoms with Crippen LogP contribution in [0.2, 0.25) is 0 Å². The van der Waals surface area contributed by atoms with Gasteiger partial charge in [0.05, 0.1) is 23.0 Å². The van der Waals surface area contributed by atoms with Crippen LogP contribution in [0.15, 0.2) is 12.3 Å². The van der Waals surface area contributed by atoms with Crippen LogP contribution in [0.3, 0.4) is 0 Å². The zero-order valence-electron chi connectivity index (χ0n) is 18.1. The summed E-state index contributed by atoms with van der Waals surface area (Å²) in [5, 5.41) is 7.56. The van der Waals surface area contributed by atoms with Crippen molar-refractivity contribution < 1.29 is 18.0 Å². The van der Waals surface area contributed by atoms with Gasteiger partial charge in [-0.25, -0.2) is 14.6 Å². The Balaban J connectivity index is 1.66. The predicted molar refractivity (Wildman–Crippen MR) is 109 cm³/mol. The molecule has 10 heteroatoms. The Bertz CT molecular complexity index is 986. The number of carbonyl (C=O) groups is 1. The number of fused-ring (bicyclic) bond motifs is 1. The van der Waals surface area contributed by atoms with Gasteiger partial charge in [0.15, 0.2) is 6.04 Å². The molecular formula is C21H27F3N6O. The predicted octanol–water partition coefficient (Wildman–Crippen LogP) is 4.21. The van der Waals surface area contributed by atoms with Gasteiger partial charge in [-0.2, -0.15) is 18.3 Å². The first-order chi connectivity index (χ1) is 14.6. The highest BCUT2D eigenvalue weighted by atomic mass is 19.4. The minimum absolute atomic E-state index is 0.0472. The van der Waals surface area contributed by atoms with E-state index < -0.39 is 12.2 Å². The molecule has 4 rings (SSSR count). The van der Waals surface area contributed by atoms with E-state index in [1.54, 1.807) is 24.8 Å². The number of alkyl halides is 3. The van der Waals surface area contributed by atoms with E-state index in [0.29, 0.717) is 41.6 Å². The molecule has 0 aliphatic carbocycles. The van der Waals surface area contributed by atoms with Crippen molar-refractivity contribution in [3.05, 3.63) is 35.0 Å². The van der Waals surface area contributed by atoms with Crippen LogP contribution in [0.25, 0.3) is 0 Å². The van der Waals surface area contributed by atoms with Crippen LogP contribution in [0.5, 0.6) is 0 Å². The summed E-state index contributed by atoms with van der Waals surface area (Å²) < 4.78 is 42.4. The molecule has 2 aliphatic rings. The van der Waals surface area contributed by atoms with Crippen molar-refractivity contribution in [2.45, 2.75) is 71.3 Å². The normalized spacial score (nSPS) is 23.7. The number of likely N-dealkylation sites (tertiary alicyclic amines) is 1. The standard InChI is InChI=1S/C21H27F3N6O/c1-11(2)15-8-18(21(22,23)24)30-19(27-15)9-16(28-30)17-6-5-7-29(17)20(31)14-10-25-13(4)26-12(14)3/h9-11,15,17-18,27H,5-8H2,1-4H3/t15-,17?,18+/m0/s1. The van der Waals surface area contributed by atoms with Gasteiger partial charge in [-0.3, -0.25) is 4.79 Å². The first kappa shape index (κ1) is 21.6. The maximum absolute atomic E-state index is 13.8. The maximum atomic E-state index is 13.8. The highest BCUT2D eigenvalue weighted by Gasteiger charge is 2.47. The molecule has 1 saturated heterocycles. The molecule has 2 aromatic heterocycles. The lowest BCUT2D eigenvalue weighted by Gasteiger charge is -2.35. The van der Waals surface area contributed by atoms with Crippen molar-refractivity contribution in [2.24, 2.45) is 5.92 Å². The molecule has 0 spiro atoms. The summed E-state index contributed by atoms with van der Waals surface area (Å²) in [5.74, 6) is 0.770. The number of nitrogens with one attached hydrogen (secondary N) is 1. The number of nitrogens with zero attached hydrogens (tertiary/aromatic N) is 5. The highest BCUT2D eigenvalue weighted by Crippen LogP contribution is 2.42. The van der Waals surface area contributed by atoms with Crippen LogP contribution in [-0.2, 0) is 0 Å². The van der Waals surface area contributed by atoms with Crippen LogP contribution >= 0.6 is 0 Å². The van der Waals surface area contributed by atoms with E-state index in [4.69, 9.17) is 0 Å². The summed E-state index contributed by atoms with van der Waals surface area (Å²) in [6.45, 7) is 7.84. The molecule has 0 bridgehead atoms. The number of carbonyl (C=O) groups excluding carboxylic acids is 1. The molecule has 3 atom stereocenters. The van der Waals surface area contributed by atoms with Crippen molar-refractivity contribution in [2.75, 3.05) is 11.9 Å². The molecule has 4 heterocycles. The molecule has 0 radical (unpaired) electrons. The van der Waals surface area contributed by atoms with Gasteiger partial charge in [-0.05, 0) is 39.0 Å². The third-order valence-electron chi connectivity index (χ3n) is 6.23. The minimum Gasteiger partial charge on any atom is -0.367 e. The molecule has 7 nitrogen and oxygen atoms in total. The Morgan fingerprint density at radius 1 is 1.29 bits per heavy atom. The number of hydrogen-bond donors (Lipinski definition) is 1. The van der Waals surface area contributed by atoms with Crippen molar-refractivity contribution in [1.82, 2.24) is 24.6 Å². The fraction of sp³-hybridized carbons (Fsp3) is 0.619. The average Bonchev–Trinajstić information content (AvgIpc) is 3.32. The first-order valence-electron chi connectivity index (χ1n) is 10.6. The summed E-state index contributed by atoms with van der Waals surface area (Å²) >= 11 is 0. The number of anilines is 1. The van der Waals surface area contributed by atoms with Gasteiger partial charge in [0, 0.05) is 24.8 Å². The molecule has 1 amide bonds. The Labute approximate surface area is 179 Å². The lowest BCUT2D eigenvalue weighted by Crippen LogP contribution is -2.41. The Hall–Kier alpha value is -2.65. The second kappa shape index (κ2) is 7.80. The van der Waals surface area contributed by atoms with E-state index in [9.17, 15) is 18.0 Å². The molecule has 2 aliphatic heterocycles. The van der Waals surface area contributed by atoms with Crippen molar-refractivity contribution in [3.63, 3.8) is 0 Å². The average molecular weight is 436 g/mol. The smallest absolute Gasteiger partial charge is 0.367 e. The van der Waals surface area contributed by atoms with E-state index in [0.717, 1.165) is 11.1 Å². The van der Waals surface area contributed by atoms with Gasteiger partial charge in [0.1, 0.15) is 11.6 Å². The van der Waals surface area contributed by atoms with Gasteiger partial charge >= 0.3 is 6.18 Å². The molecule has 1 N–H and O–H groups in total. The lowest BCUT2D eigenvalue weighted by atomic mass is 9.94. The summed E-state index contributed by atoms with van der Waals surface area (Å²) in [7, 11) is 0. The Kier molecular flexibility index (Phi) is 5.43. The van der Waals surface area contributed by atoms with E-state index in [-0.39, 0.29) is 30.3 Å². The number of hydrogen-bond acceptors (Lipinski definition) is 5. The van der Waals surface area contributed by atoms with E-state index in [1.807, 2.05) is 13.8 Å². The van der Waals surface area contributed by atoms with E-state index >= 15 is 0 Å². The monoisotopic (exact) mass is 436 g/mol. The zero-order valence-corrected chi connectivity index (χ0v) is 18.1. The number of aromatic nitrogens is 4. The fourth-order valence-electron chi connectivity index (χ4n) is 4.49. The first-order valence-corrected chi connectivity index (χ1v) is 10.6. The van der Waals surface area contributed by atoms with Crippen LogP contribution in [0, 0.1) is 19.8 Å². The summed E-state index contributed by atoms with van der Waals surface area (Å²) in [5.41, 5.74) is 1.48. The quantitative estimate of drug-likeness (QED) is 0.780. The number of rotatable bonds is 3. The summed E-state index contributed by atoms with van der Waals surface area (Å²) in [4.78, 5) is 23.3. The topological polar surface area (TPSA) is 75.9 Å². The Morgan fingerprint density at radius 2 is 2.03 bits per heavy atom. The number of amides is 1. The fourth-order valence-corrected chi connectivity index (χ4v) is 4.49. The van der Waals surface area contributed by atoms with Crippen molar-refractivity contribution in [3.8, 4) is 0 Å². The van der Waals surface area contributed by atoms with Gasteiger partial charge in [-0.15, -0.1) is 0 Å². The van der Waals surface area contributed by atoms with Crippen molar-refractivity contribution in [1.29, 1.82) is 0 Å². The summed E-state index contributed by atoms with van der Waals surface area (Å²) in [6, 6.07) is -0.678. The largest absolute Gasteiger partial charge is 0.410 e. The summed E-state index contributed by atoms with van der Waals surface area (Å²) in [6.07, 6.45) is -1.53. The molecule has 31 heavy (non-hydrogen) atoms. The van der Waals surface area contributed by atoms with Crippen LogP contribution in [0.4, 0.5) is 19.0 Å². The van der Waals surface area contributed by atoms with Gasteiger partial charge in [0.25, 0.3) is 5.91 Å². The molecule has 1 fully saturated rings. The van der Waals surface area contributed by atoms with E-state index in [1.165, 1.54) is 6.20 Å². The second-order valence-electron chi connectivity index (χ2n) is 8.76.